The zero-order valence-corrected chi connectivity index (χ0v) is 12.7. The average Bonchev–Trinajstić information content (AvgIpc) is 2.48. The molecule has 0 saturated heterocycles. The van der Waals surface area contributed by atoms with Gasteiger partial charge in [0.15, 0.2) is 0 Å². The Kier molecular flexibility index (Phi) is 4.99. The van der Waals surface area contributed by atoms with Crippen LogP contribution in [0.5, 0.6) is 0 Å². The molecule has 0 radical (unpaired) electrons. The van der Waals surface area contributed by atoms with Gasteiger partial charge >= 0.3 is 5.97 Å². The van der Waals surface area contributed by atoms with Crippen LogP contribution in [0.15, 0.2) is 41.5 Å². The van der Waals surface area contributed by atoms with E-state index in [1.54, 1.807) is 0 Å². The molecule has 2 nitrogen and oxygen atoms in total. The van der Waals surface area contributed by atoms with Gasteiger partial charge in [-0.25, -0.2) is 0 Å². The van der Waals surface area contributed by atoms with Crippen molar-refractivity contribution < 1.29 is 9.53 Å². The molecule has 108 valence electrons. The van der Waals surface area contributed by atoms with Crippen LogP contribution >= 0.6 is 0 Å². The third kappa shape index (κ3) is 3.50. The van der Waals surface area contributed by atoms with Crippen molar-refractivity contribution in [3.05, 3.63) is 47.0 Å². The molecule has 1 aliphatic carbocycles. The fraction of sp³-hybridized carbons (Fsp3) is 0.500. The monoisotopic (exact) mass is 272 g/mol. The third-order valence-corrected chi connectivity index (χ3v) is 4.54. The zero-order chi connectivity index (χ0) is 14.5. The summed E-state index contributed by atoms with van der Waals surface area (Å²) in [5, 5.41) is 0. The number of rotatable bonds is 4. The van der Waals surface area contributed by atoms with Gasteiger partial charge in [0.1, 0.15) is 0 Å². The molecule has 2 rings (SSSR count). The maximum Gasteiger partial charge on any atom is 0.309 e. The number of allylic oxidation sites excluding steroid dienone is 2. The van der Waals surface area contributed by atoms with Crippen LogP contribution in [0.1, 0.15) is 38.7 Å². The summed E-state index contributed by atoms with van der Waals surface area (Å²) >= 11 is 0. The zero-order valence-electron chi connectivity index (χ0n) is 12.7. The van der Waals surface area contributed by atoms with Gasteiger partial charge in [-0.1, -0.05) is 41.5 Å². The summed E-state index contributed by atoms with van der Waals surface area (Å²) in [5.41, 5.74) is 4.15. The Labute approximate surface area is 121 Å². The van der Waals surface area contributed by atoms with E-state index in [2.05, 4.69) is 38.1 Å². The number of methoxy groups -OCH3 is 1. The molecule has 20 heavy (non-hydrogen) atoms. The molecule has 0 amide bonds. The van der Waals surface area contributed by atoms with Crippen LogP contribution in [0.25, 0.3) is 0 Å². The molecule has 1 aliphatic rings. The first-order valence-electron chi connectivity index (χ1n) is 7.38. The van der Waals surface area contributed by atoms with Crippen molar-refractivity contribution in [3.8, 4) is 0 Å². The van der Waals surface area contributed by atoms with E-state index in [4.69, 9.17) is 4.74 Å². The summed E-state index contributed by atoms with van der Waals surface area (Å²) in [6.45, 7) is 4.33. The molecule has 0 aromatic heterocycles. The number of benzene rings is 1. The fourth-order valence-corrected chi connectivity index (χ4v) is 3.11. The Morgan fingerprint density at radius 3 is 2.45 bits per heavy atom. The predicted octanol–water partition coefficient (Wildman–Crippen LogP) is 4.15. The molecule has 0 unspecified atom stereocenters. The number of esters is 1. The van der Waals surface area contributed by atoms with Crippen molar-refractivity contribution in [2.75, 3.05) is 7.11 Å². The minimum atomic E-state index is -0.0464. The molecule has 0 aliphatic heterocycles. The smallest absolute Gasteiger partial charge is 0.309 e. The summed E-state index contributed by atoms with van der Waals surface area (Å²) in [5.74, 6) is 0.397. The summed E-state index contributed by atoms with van der Waals surface area (Å²) in [4.78, 5) is 12.0. The topological polar surface area (TPSA) is 26.3 Å². The minimum absolute atomic E-state index is 0.0346. The quantitative estimate of drug-likeness (QED) is 0.608. The highest BCUT2D eigenvalue weighted by Crippen LogP contribution is 2.37. The van der Waals surface area contributed by atoms with Gasteiger partial charge in [0.05, 0.1) is 13.0 Å². The predicted molar refractivity (Wildman–Crippen MR) is 81.4 cm³/mol. The average molecular weight is 272 g/mol. The van der Waals surface area contributed by atoms with E-state index in [1.165, 1.54) is 23.8 Å². The summed E-state index contributed by atoms with van der Waals surface area (Å²) in [6.07, 6.45) is 3.97. The lowest BCUT2D eigenvalue weighted by Crippen LogP contribution is -2.29. The van der Waals surface area contributed by atoms with Gasteiger partial charge < -0.3 is 4.74 Å². The molecular formula is C18H24O2. The standard InChI is InChI=1S/C18H24O2/c1-13-11-16(10-9-15-7-5-4-6-8-15)17(12-14(13)2)18(19)20-3/h4-8,16-17H,9-12H2,1-3H3/t16-,17-/m0/s1. The van der Waals surface area contributed by atoms with Crippen LogP contribution in [0.4, 0.5) is 0 Å². The van der Waals surface area contributed by atoms with Gasteiger partial charge in [-0.3, -0.25) is 4.79 Å². The van der Waals surface area contributed by atoms with Gasteiger partial charge in [0, 0.05) is 0 Å². The van der Waals surface area contributed by atoms with E-state index in [1.807, 2.05) is 6.07 Å². The van der Waals surface area contributed by atoms with Gasteiger partial charge in [0.2, 0.25) is 0 Å². The minimum Gasteiger partial charge on any atom is -0.469 e. The summed E-state index contributed by atoms with van der Waals surface area (Å²) < 4.78 is 4.99. The van der Waals surface area contributed by atoms with Crippen LogP contribution in [0.2, 0.25) is 0 Å². The molecule has 0 N–H and O–H groups in total. The number of carbonyl (C=O) groups excluding carboxylic acids is 1. The van der Waals surface area contributed by atoms with E-state index < -0.39 is 0 Å². The second-order valence-electron chi connectivity index (χ2n) is 5.88. The summed E-state index contributed by atoms with van der Waals surface area (Å²) in [7, 11) is 1.50. The molecule has 0 bridgehead atoms. The number of ether oxygens (including phenoxy) is 1. The number of carbonyl (C=O) groups is 1. The molecule has 0 spiro atoms. The second kappa shape index (κ2) is 6.74. The van der Waals surface area contributed by atoms with Crippen LogP contribution < -0.4 is 0 Å². The van der Waals surface area contributed by atoms with Crippen LogP contribution in [-0.4, -0.2) is 13.1 Å². The van der Waals surface area contributed by atoms with Crippen molar-refractivity contribution in [2.24, 2.45) is 11.8 Å². The van der Waals surface area contributed by atoms with Crippen molar-refractivity contribution in [1.82, 2.24) is 0 Å². The normalized spacial score (nSPS) is 22.8. The highest BCUT2D eigenvalue weighted by atomic mass is 16.5. The van der Waals surface area contributed by atoms with Crippen LogP contribution in [-0.2, 0) is 16.0 Å². The van der Waals surface area contributed by atoms with Crippen molar-refractivity contribution in [1.29, 1.82) is 0 Å². The maximum atomic E-state index is 12.0. The maximum absolute atomic E-state index is 12.0. The molecule has 2 atom stereocenters. The third-order valence-electron chi connectivity index (χ3n) is 4.54. The molecule has 1 aromatic carbocycles. The molecular weight excluding hydrogens is 248 g/mol. The van der Waals surface area contributed by atoms with Crippen LogP contribution in [0.3, 0.4) is 0 Å². The molecule has 0 saturated carbocycles. The highest BCUT2D eigenvalue weighted by molar-refractivity contribution is 5.73. The Balaban J connectivity index is 2.05. The SMILES string of the molecule is COC(=O)[C@H]1CC(C)=C(C)C[C@@H]1CCc1ccccc1. The molecule has 0 fully saturated rings. The lowest BCUT2D eigenvalue weighted by atomic mass is 9.74. The van der Waals surface area contributed by atoms with Gasteiger partial charge in [0.25, 0.3) is 0 Å². The lowest BCUT2D eigenvalue weighted by molar-refractivity contribution is -0.147. The Hall–Kier alpha value is -1.57. The molecule has 2 heteroatoms. The molecule has 1 aromatic rings. The van der Waals surface area contributed by atoms with E-state index in [9.17, 15) is 4.79 Å². The van der Waals surface area contributed by atoms with Crippen molar-refractivity contribution in [3.63, 3.8) is 0 Å². The van der Waals surface area contributed by atoms with Gasteiger partial charge in [-0.15, -0.1) is 0 Å². The second-order valence-corrected chi connectivity index (χ2v) is 5.88. The number of hydrogen-bond acceptors (Lipinski definition) is 2. The van der Waals surface area contributed by atoms with E-state index >= 15 is 0 Å². The van der Waals surface area contributed by atoms with Gasteiger partial charge in [-0.2, -0.15) is 0 Å². The summed E-state index contributed by atoms with van der Waals surface area (Å²) in [6, 6.07) is 10.5. The first-order valence-corrected chi connectivity index (χ1v) is 7.38. The number of hydrogen-bond donors (Lipinski definition) is 0. The van der Waals surface area contributed by atoms with E-state index in [-0.39, 0.29) is 11.9 Å². The van der Waals surface area contributed by atoms with E-state index in [0.717, 1.165) is 25.7 Å². The highest BCUT2D eigenvalue weighted by Gasteiger charge is 2.32. The molecule has 0 heterocycles. The Morgan fingerprint density at radius 2 is 1.80 bits per heavy atom. The van der Waals surface area contributed by atoms with E-state index in [0.29, 0.717) is 5.92 Å². The van der Waals surface area contributed by atoms with Crippen molar-refractivity contribution in [2.45, 2.75) is 39.5 Å². The first-order chi connectivity index (χ1) is 9.61. The first kappa shape index (κ1) is 14.8. The Bertz CT molecular complexity index is 487. The number of aryl methyl sites for hydroxylation is 1. The lowest BCUT2D eigenvalue weighted by Gasteiger charge is -2.31. The Morgan fingerprint density at radius 1 is 1.15 bits per heavy atom. The van der Waals surface area contributed by atoms with Crippen molar-refractivity contribution >= 4 is 5.97 Å². The fourth-order valence-electron chi connectivity index (χ4n) is 3.11. The largest absolute Gasteiger partial charge is 0.469 e. The van der Waals surface area contributed by atoms with Gasteiger partial charge in [-0.05, 0) is 51.0 Å². The van der Waals surface area contributed by atoms with Crippen LogP contribution in [0, 0.1) is 11.8 Å².